The van der Waals surface area contributed by atoms with E-state index in [4.69, 9.17) is 4.42 Å². The van der Waals surface area contributed by atoms with Crippen LogP contribution >= 0.6 is 0 Å². The standard InChI is InChI=1S/C23H28O2/c1-13-17-14(2)20(23(6,7)8)25-21(24)18(17)15-11-9-10-12-16(15)19(13)22(3,4)5/h9-12H,1-8H3. The lowest BCUT2D eigenvalue weighted by atomic mass is 9.77. The molecule has 25 heavy (non-hydrogen) atoms. The van der Waals surface area contributed by atoms with Crippen LogP contribution < -0.4 is 5.63 Å². The average Bonchev–Trinajstić information content (AvgIpc) is 2.47. The first-order valence-electron chi connectivity index (χ1n) is 8.94. The van der Waals surface area contributed by atoms with E-state index in [2.05, 4.69) is 61.5 Å². The van der Waals surface area contributed by atoms with Gasteiger partial charge in [0, 0.05) is 5.41 Å². The number of aryl methyl sites for hydroxylation is 2. The minimum Gasteiger partial charge on any atom is -0.427 e. The molecule has 2 nitrogen and oxygen atoms in total. The molecule has 0 saturated carbocycles. The first kappa shape index (κ1) is 17.7. The first-order valence-corrected chi connectivity index (χ1v) is 8.94. The van der Waals surface area contributed by atoms with E-state index in [1.807, 2.05) is 18.2 Å². The van der Waals surface area contributed by atoms with Gasteiger partial charge in [-0.15, -0.1) is 0 Å². The van der Waals surface area contributed by atoms with Crippen molar-refractivity contribution in [2.45, 2.75) is 66.2 Å². The maximum Gasteiger partial charge on any atom is 0.344 e. The van der Waals surface area contributed by atoms with Gasteiger partial charge in [0.1, 0.15) is 5.76 Å². The van der Waals surface area contributed by atoms with E-state index < -0.39 is 0 Å². The summed E-state index contributed by atoms with van der Waals surface area (Å²) in [5.74, 6) is 0.781. The zero-order chi connectivity index (χ0) is 18.7. The van der Waals surface area contributed by atoms with Gasteiger partial charge in [0.15, 0.2) is 0 Å². The van der Waals surface area contributed by atoms with E-state index in [-0.39, 0.29) is 16.5 Å². The first-order chi connectivity index (χ1) is 11.4. The summed E-state index contributed by atoms with van der Waals surface area (Å²) in [6, 6.07) is 8.20. The molecule has 0 atom stereocenters. The van der Waals surface area contributed by atoms with Crippen molar-refractivity contribution in [2.75, 3.05) is 0 Å². The molecule has 0 N–H and O–H groups in total. The summed E-state index contributed by atoms with van der Waals surface area (Å²) in [6.07, 6.45) is 0. The van der Waals surface area contributed by atoms with Crippen LogP contribution in [0.2, 0.25) is 0 Å². The molecule has 2 aromatic carbocycles. The van der Waals surface area contributed by atoms with Crippen molar-refractivity contribution < 1.29 is 4.42 Å². The zero-order valence-corrected chi connectivity index (χ0v) is 16.6. The van der Waals surface area contributed by atoms with E-state index in [0.717, 1.165) is 27.5 Å². The molecule has 1 heterocycles. The number of fused-ring (bicyclic) bond motifs is 3. The Hall–Kier alpha value is -2.09. The molecule has 3 aromatic rings. The third kappa shape index (κ3) is 2.68. The van der Waals surface area contributed by atoms with Crippen LogP contribution in [-0.2, 0) is 10.8 Å². The number of benzene rings is 2. The number of hydrogen-bond donors (Lipinski definition) is 0. The van der Waals surface area contributed by atoms with Crippen molar-refractivity contribution in [2.24, 2.45) is 0 Å². The van der Waals surface area contributed by atoms with Gasteiger partial charge in [-0.25, -0.2) is 4.79 Å². The predicted molar refractivity (Wildman–Crippen MR) is 107 cm³/mol. The molecule has 0 amide bonds. The summed E-state index contributed by atoms with van der Waals surface area (Å²) in [7, 11) is 0. The van der Waals surface area contributed by atoms with Gasteiger partial charge in [0.2, 0.25) is 0 Å². The van der Waals surface area contributed by atoms with Crippen molar-refractivity contribution in [1.29, 1.82) is 0 Å². The predicted octanol–water partition coefficient (Wildman–Crippen LogP) is 6.16. The topological polar surface area (TPSA) is 30.2 Å². The van der Waals surface area contributed by atoms with Crippen LogP contribution in [0.1, 0.15) is 64.0 Å². The lowest BCUT2D eigenvalue weighted by Crippen LogP contribution is -2.20. The highest BCUT2D eigenvalue weighted by Gasteiger charge is 2.28. The van der Waals surface area contributed by atoms with E-state index in [0.29, 0.717) is 5.39 Å². The summed E-state index contributed by atoms with van der Waals surface area (Å²) < 4.78 is 5.82. The molecule has 1 aromatic heterocycles. The van der Waals surface area contributed by atoms with Crippen LogP contribution in [0.3, 0.4) is 0 Å². The molecule has 0 aliphatic rings. The normalized spacial score (nSPS) is 13.0. The highest BCUT2D eigenvalue weighted by atomic mass is 16.4. The minimum atomic E-state index is -0.231. The summed E-state index contributed by atoms with van der Waals surface area (Å²) in [4.78, 5) is 13.0. The summed E-state index contributed by atoms with van der Waals surface area (Å²) >= 11 is 0. The molecule has 0 aliphatic heterocycles. The zero-order valence-electron chi connectivity index (χ0n) is 16.6. The van der Waals surface area contributed by atoms with Gasteiger partial charge in [0.05, 0.1) is 5.39 Å². The maximum atomic E-state index is 13.0. The molecule has 0 radical (unpaired) electrons. The van der Waals surface area contributed by atoms with Gasteiger partial charge in [-0.1, -0.05) is 65.8 Å². The van der Waals surface area contributed by atoms with E-state index in [1.54, 1.807) is 0 Å². The minimum absolute atomic E-state index is 0.0117. The Morgan fingerprint density at radius 3 is 1.84 bits per heavy atom. The number of hydrogen-bond acceptors (Lipinski definition) is 2. The maximum absolute atomic E-state index is 13.0. The highest BCUT2D eigenvalue weighted by molar-refractivity contribution is 6.11. The molecule has 0 aliphatic carbocycles. The molecule has 132 valence electrons. The Balaban J connectivity index is 2.70. The molecular formula is C23H28O2. The molecule has 0 saturated heterocycles. The Bertz CT molecular complexity index is 1040. The van der Waals surface area contributed by atoms with Crippen LogP contribution in [0.25, 0.3) is 21.5 Å². The summed E-state index contributed by atoms with van der Waals surface area (Å²) in [5.41, 5.74) is 3.13. The van der Waals surface area contributed by atoms with Crippen LogP contribution in [0, 0.1) is 13.8 Å². The lowest BCUT2D eigenvalue weighted by Gasteiger charge is -2.27. The Labute approximate surface area is 149 Å². The molecule has 3 rings (SSSR count). The Kier molecular flexibility index (Phi) is 3.87. The van der Waals surface area contributed by atoms with Crippen molar-refractivity contribution >= 4 is 21.5 Å². The van der Waals surface area contributed by atoms with E-state index in [1.165, 1.54) is 11.1 Å². The van der Waals surface area contributed by atoms with Crippen molar-refractivity contribution in [3.63, 3.8) is 0 Å². The molecule has 0 fully saturated rings. The van der Waals surface area contributed by atoms with Crippen molar-refractivity contribution in [1.82, 2.24) is 0 Å². The SMILES string of the molecule is Cc1c(C(C)(C)C)oc(=O)c2c1c(C)c(C(C)(C)C)c1ccccc12. The van der Waals surface area contributed by atoms with Crippen molar-refractivity contribution in [3.8, 4) is 0 Å². The van der Waals surface area contributed by atoms with E-state index in [9.17, 15) is 4.79 Å². The third-order valence-corrected chi connectivity index (χ3v) is 5.01. The van der Waals surface area contributed by atoms with Crippen LogP contribution in [0.4, 0.5) is 0 Å². The van der Waals surface area contributed by atoms with Gasteiger partial charge in [-0.2, -0.15) is 0 Å². The Morgan fingerprint density at radius 1 is 0.760 bits per heavy atom. The lowest BCUT2D eigenvalue weighted by molar-refractivity contribution is 0.378. The second-order valence-corrected chi connectivity index (χ2v) is 9.14. The average molecular weight is 336 g/mol. The van der Waals surface area contributed by atoms with Gasteiger partial charge in [-0.3, -0.25) is 0 Å². The van der Waals surface area contributed by atoms with Gasteiger partial charge < -0.3 is 4.42 Å². The van der Waals surface area contributed by atoms with Crippen molar-refractivity contribution in [3.05, 3.63) is 57.1 Å². The molecule has 0 bridgehead atoms. The molecule has 0 spiro atoms. The Morgan fingerprint density at radius 2 is 1.32 bits per heavy atom. The highest BCUT2D eigenvalue weighted by Crippen LogP contribution is 2.40. The van der Waals surface area contributed by atoms with Crippen LogP contribution in [-0.4, -0.2) is 0 Å². The molecule has 0 unspecified atom stereocenters. The third-order valence-electron chi connectivity index (χ3n) is 5.01. The van der Waals surface area contributed by atoms with E-state index >= 15 is 0 Å². The summed E-state index contributed by atoms with van der Waals surface area (Å²) in [6.45, 7) is 17.2. The molecular weight excluding hydrogens is 308 g/mol. The number of rotatable bonds is 0. The fraction of sp³-hybridized carbons (Fsp3) is 0.435. The largest absolute Gasteiger partial charge is 0.427 e. The van der Waals surface area contributed by atoms with Crippen LogP contribution in [0.15, 0.2) is 33.5 Å². The van der Waals surface area contributed by atoms with Gasteiger partial charge in [0.25, 0.3) is 0 Å². The monoisotopic (exact) mass is 336 g/mol. The van der Waals surface area contributed by atoms with Gasteiger partial charge >= 0.3 is 5.63 Å². The fourth-order valence-corrected chi connectivity index (χ4v) is 4.26. The fourth-order valence-electron chi connectivity index (χ4n) is 4.26. The molecule has 2 heteroatoms. The van der Waals surface area contributed by atoms with Crippen LogP contribution in [0.5, 0.6) is 0 Å². The second kappa shape index (κ2) is 5.45. The van der Waals surface area contributed by atoms with Gasteiger partial charge in [-0.05, 0) is 52.1 Å². The summed E-state index contributed by atoms with van der Waals surface area (Å²) in [5, 5.41) is 3.91. The second-order valence-electron chi connectivity index (χ2n) is 9.14. The smallest absolute Gasteiger partial charge is 0.344 e. The quantitative estimate of drug-likeness (QED) is 0.460.